The van der Waals surface area contributed by atoms with Crippen LogP contribution in [0.4, 0.5) is 0 Å². The van der Waals surface area contributed by atoms with Gasteiger partial charge in [-0.25, -0.2) is 13.0 Å². The summed E-state index contributed by atoms with van der Waals surface area (Å²) in [6.07, 6.45) is 4.44. The summed E-state index contributed by atoms with van der Waals surface area (Å²) in [5, 5.41) is 0. The zero-order valence-electron chi connectivity index (χ0n) is 18.7. The van der Waals surface area contributed by atoms with E-state index in [2.05, 4.69) is 17.9 Å². The first-order valence-electron chi connectivity index (χ1n) is 10.4. The van der Waals surface area contributed by atoms with E-state index in [0.29, 0.717) is 5.92 Å². The predicted octanol–water partition coefficient (Wildman–Crippen LogP) is 4.54. The summed E-state index contributed by atoms with van der Waals surface area (Å²) in [4.78, 5) is 0.229. The average Bonchev–Trinajstić information content (AvgIpc) is 3.51. The molecule has 0 unspecified atom stereocenters. The van der Waals surface area contributed by atoms with Gasteiger partial charge in [0.1, 0.15) is 6.61 Å². The van der Waals surface area contributed by atoms with Crippen molar-refractivity contribution in [3.05, 3.63) is 41.5 Å². The summed E-state index contributed by atoms with van der Waals surface area (Å²) >= 11 is 0. The van der Waals surface area contributed by atoms with Crippen molar-refractivity contribution in [3.63, 3.8) is 0 Å². The second-order valence-corrected chi connectivity index (χ2v) is 11.0. The number of hydrogen-bond donors (Lipinski definition) is 0. The first-order valence-corrected chi connectivity index (χ1v) is 13.3. The van der Waals surface area contributed by atoms with Crippen LogP contribution in [0.3, 0.4) is 0 Å². The van der Waals surface area contributed by atoms with E-state index in [9.17, 15) is 13.0 Å². The minimum absolute atomic E-state index is 0.0109. The maximum absolute atomic E-state index is 13.2. The van der Waals surface area contributed by atoms with Gasteiger partial charge in [-0.15, -0.1) is 0 Å². The second-order valence-electron chi connectivity index (χ2n) is 7.35. The van der Waals surface area contributed by atoms with Gasteiger partial charge in [-0.2, -0.15) is 4.31 Å². The number of hydrogen-bond acceptors (Lipinski definition) is 6. The van der Waals surface area contributed by atoms with Crippen molar-refractivity contribution in [2.45, 2.75) is 45.4 Å². The summed E-state index contributed by atoms with van der Waals surface area (Å²) in [6, 6.07) is 6.76. The highest BCUT2D eigenvalue weighted by Crippen LogP contribution is 2.48. The summed E-state index contributed by atoms with van der Waals surface area (Å²) in [7, 11) is -7.36. The molecule has 0 spiro atoms. The molecule has 1 aromatic rings. The average molecular weight is 470 g/mol. The zero-order chi connectivity index (χ0) is 22.9. The normalized spacial score (nSPS) is 15.1. The van der Waals surface area contributed by atoms with Gasteiger partial charge < -0.3 is 0 Å². The molecule has 2 rings (SSSR count). The van der Waals surface area contributed by atoms with Gasteiger partial charge in [0, 0.05) is 6.54 Å². The maximum atomic E-state index is 13.2. The molecule has 172 valence electrons. The van der Waals surface area contributed by atoms with Crippen LogP contribution in [-0.4, -0.2) is 45.6 Å². The van der Waals surface area contributed by atoms with Crippen molar-refractivity contribution in [3.8, 4) is 11.8 Å². The van der Waals surface area contributed by atoms with Crippen molar-refractivity contribution in [2.75, 3.05) is 32.9 Å². The SMILES string of the molecule is CCOP(=O)(OCC)OCC#CCN(C/C(C)=C/C1CC1)S(=O)(=O)c1ccc(C)cc1. The van der Waals surface area contributed by atoms with Gasteiger partial charge in [-0.3, -0.25) is 13.6 Å². The number of aryl methyl sites for hydroxylation is 1. The molecule has 1 aromatic carbocycles. The highest BCUT2D eigenvalue weighted by Gasteiger charge is 2.26. The zero-order valence-corrected chi connectivity index (χ0v) is 20.4. The lowest BCUT2D eigenvalue weighted by Crippen LogP contribution is -2.33. The Hall–Kier alpha value is -1.46. The molecule has 7 nitrogen and oxygen atoms in total. The topological polar surface area (TPSA) is 82.1 Å². The van der Waals surface area contributed by atoms with Gasteiger partial charge in [-0.1, -0.05) is 41.2 Å². The molecule has 0 bridgehead atoms. The predicted molar refractivity (Wildman–Crippen MR) is 121 cm³/mol. The molecule has 0 saturated heterocycles. The van der Waals surface area contributed by atoms with Crippen molar-refractivity contribution >= 4 is 17.8 Å². The Labute approximate surface area is 186 Å². The lowest BCUT2D eigenvalue weighted by atomic mass is 10.2. The summed E-state index contributed by atoms with van der Waals surface area (Å²) in [6.45, 7) is 7.64. The molecule has 0 amide bonds. The summed E-state index contributed by atoms with van der Waals surface area (Å²) in [5.41, 5.74) is 1.98. The number of sulfonamides is 1. The lowest BCUT2D eigenvalue weighted by Gasteiger charge is -2.20. The first-order chi connectivity index (χ1) is 14.7. The van der Waals surface area contributed by atoms with Crippen LogP contribution in [0.15, 0.2) is 40.8 Å². The van der Waals surface area contributed by atoms with Crippen molar-refractivity contribution in [1.82, 2.24) is 4.31 Å². The van der Waals surface area contributed by atoms with Crippen LogP contribution in [0.2, 0.25) is 0 Å². The summed E-state index contributed by atoms with van der Waals surface area (Å²) in [5.74, 6) is 6.08. The van der Waals surface area contributed by atoms with Crippen LogP contribution < -0.4 is 0 Å². The Balaban J connectivity index is 2.11. The van der Waals surface area contributed by atoms with Crippen LogP contribution in [-0.2, 0) is 28.2 Å². The third-order valence-electron chi connectivity index (χ3n) is 4.48. The standard InChI is InChI=1S/C22H32NO6PS/c1-5-27-30(24,28-6-2)29-16-8-7-15-23(18-20(4)17-21-11-12-21)31(25,26)22-13-9-19(3)10-14-22/h9-10,13-14,17,21H,5-6,11-12,15-16,18H2,1-4H3/b20-17+. The van der Waals surface area contributed by atoms with Gasteiger partial charge in [0.15, 0.2) is 0 Å². The molecule has 1 saturated carbocycles. The van der Waals surface area contributed by atoms with E-state index in [1.54, 1.807) is 38.1 Å². The molecule has 0 N–H and O–H groups in total. The molecule has 0 radical (unpaired) electrons. The largest absolute Gasteiger partial charge is 0.475 e. The summed E-state index contributed by atoms with van der Waals surface area (Å²) < 4.78 is 55.3. The van der Waals surface area contributed by atoms with Gasteiger partial charge in [0.2, 0.25) is 10.0 Å². The number of benzene rings is 1. The van der Waals surface area contributed by atoms with E-state index >= 15 is 0 Å². The molecular formula is C22H32NO6PS. The highest BCUT2D eigenvalue weighted by molar-refractivity contribution is 7.89. The van der Waals surface area contributed by atoms with Crippen LogP contribution in [0.25, 0.3) is 0 Å². The number of nitrogens with zero attached hydrogens (tertiary/aromatic N) is 1. The quantitative estimate of drug-likeness (QED) is 0.254. The number of phosphoric acid groups is 1. The Morgan fingerprint density at radius 2 is 1.74 bits per heavy atom. The third-order valence-corrected chi connectivity index (χ3v) is 7.88. The van der Waals surface area contributed by atoms with Crippen molar-refractivity contribution < 1.29 is 26.6 Å². The maximum Gasteiger partial charge on any atom is 0.475 e. The fraction of sp³-hybridized carbons (Fsp3) is 0.545. The van der Waals surface area contributed by atoms with E-state index < -0.39 is 17.8 Å². The molecule has 31 heavy (non-hydrogen) atoms. The van der Waals surface area contributed by atoms with Crippen LogP contribution in [0.1, 0.15) is 39.2 Å². The fourth-order valence-electron chi connectivity index (χ4n) is 2.82. The molecule has 0 aliphatic heterocycles. The van der Waals surface area contributed by atoms with Crippen LogP contribution >= 0.6 is 7.82 Å². The molecule has 1 aliphatic carbocycles. The molecular weight excluding hydrogens is 437 g/mol. The van der Waals surface area contributed by atoms with Gasteiger partial charge in [-0.05, 0) is 58.6 Å². The minimum Gasteiger partial charge on any atom is -0.287 e. The molecule has 0 heterocycles. The smallest absolute Gasteiger partial charge is 0.287 e. The van der Waals surface area contributed by atoms with Gasteiger partial charge >= 0.3 is 7.82 Å². The molecule has 1 aliphatic rings. The van der Waals surface area contributed by atoms with Gasteiger partial charge in [0.05, 0.1) is 24.7 Å². The lowest BCUT2D eigenvalue weighted by molar-refractivity contribution is 0.132. The Morgan fingerprint density at radius 1 is 1.13 bits per heavy atom. The minimum atomic E-state index is -3.72. The third kappa shape index (κ3) is 8.53. The van der Waals surface area contributed by atoms with Gasteiger partial charge in [0.25, 0.3) is 0 Å². The Kier molecular flexibility index (Phi) is 9.95. The monoisotopic (exact) mass is 469 g/mol. The Bertz CT molecular complexity index is 948. The second kappa shape index (κ2) is 12.0. The first kappa shape index (κ1) is 25.8. The molecule has 9 heteroatoms. The van der Waals surface area contributed by atoms with E-state index in [1.807, 2.05) is 13.8 Å². The number of rotatable bonds is 12. The van der Waals surface area contributed by atoms with E-state index in [0.717, 1.165) is 24.0 Å². The van der Waals surface area contributed by atoms with E-state index in [4.69, 9.17) is 13.6 Å². The number of phosphoric ester groups is 1. The molecule has 1 fully saturated rings. The van der Waals surface area contributed by atoms with Crippen molar-refractivity contribution in [1.29, 1.82) is 0 Å². The molecule has 0 atom stereocenters. The van der Waals surface area contributed by atoms with Crippen LogP contribution in [0.5, 0.6) is 0 Å². The molecule has 0 aromatic heterocycles. The fourth-order valence-corrected chi connectivity index (χ4v) is 5.28. The van der Waals surface area contributed by atoms with Crippen molar-refractivity contribution in [2.24, 2.45) is 5.92 Å². The van der Waals surface area contributed by atoms with Crippen LogP contribution in [0, 0.1) is 24.7 Å². The number of allylic oxidation sites excluding steroid dienone is 1. The highest BCUT2D eigenvalue weighted by atomic mass is 32.2. The Morgan fingerprint density at radius 3 is 2.29 bits per heavy atom. The van der Waals surface area contributed by atoms with E-state index in [1.165, 1.54) is 4.31 Å². The van der Waals surface area contributed by atoms with E-state index in [-0.39, 0.29) is 37.8 Å².